The van der Waals surface area contributed by atoms with Crippen molar-refractivity contribution in [2.75, 3.05) is 11.4 Å². The summed E-state index contributed by atoms with van der Waals surface area (Å²) in [5.41, 5.74) is 0.977. The average Bonchev–Trinajstić information content (AvgIpc) is 2.48. The molecule has 0 amide bonds. The molecule has 1 aromatic carbocycles. The van der Waals surface area contributed by atoms with Gasteiger partial charge >= 0.3 is 0 Å². The lowest BCUT2D eigenvalue weighted by atomic mass is 10.2. The maximum Gasteiger partial charge on any atom is 0.252 e. The fourth-order valence-electron chi connectivity index (χ4n) is 2.10. The molecule has 0 aliphatic heterocycles. The summed E-state index contributed by atoms with van der Waals surface area (Å²) in [4.78, 5) is 21.2. The zero-order valence-corrected chi connectivity index (χ0v) is 12.1. The summed E-state index contributed by atoms with van der Waals surface area (Å²) in [5, 5.41) is 0. The van der Waals surface area contributed by atoms with Crippen molar-refractivity contribution in [2.45, 2.75) is 33.1 Å². The van der Waals surface area contributed by atoms with Crippen LogP contribution in [0.25, 0.3) is 0 Å². The number of aromatic amines is 1. The van der Waals surface area contributed by atoms with E-state index in [9.17, 15) is 4.79 Å². The molecular formula is C16H21N3O. The Hall–Kier alpha value is -2.10. The van der Waals surface area contributed by atoms with Crippen LogP contribution < -0.4 is 10.5 Å². The number of rotatable bonds is 6. The summed E-state index contributed by atoms with van der Waals surface area (Å²) in [6.07, 6.45) is 2.89. The van der Waals surface area contributed by atoms with Gasteiger partial charge in [0.15, 0.2) is 0 Å². The van der Waals surface area contributed by atoms with E-state index in [1.54, 1.807) is 6.07 Å². The molecule has 0 saturated carbocycles. The highest BCUT2D eigenvalue weighted by Gasteiger charge is 2.11. The predicted molar refractivity (Wildman–Crippen MR) is 82.6 cm³/mol. The number of hydrogen-bond acceptors (Lipinski definition) is 3. The molecule has 0 fully saturated rings. The van der Waals surface area contributed by atoms with Gasteiger partial charge in [0.2, 0.25) is 0 Å². The van der Waals surface area contributed by atoms with Crippen molar-refractivity contribution in [3.05, 3.63) is 52.6 Å². The Morgan fingerprint density at radius 2 is 1.95 bits per heavy atom. The molecule has 1 N–H and O–H groups in total. The summed E-state index contributed by atoms with van der Waals surface area (Å²) in [7, 11) is 0. The standard InChI is InChI=1S/C16H21N3O/c1-3-5-11-19(13-9-7-6-8-10-13)15-12-16(20)18-14(4-2)17-15/h6-10,12H,3-5,11H2,1-2H3,(H,17,18,20). The zero-order chi connectivity index (χ0) is 14.4. The van der Waals surface area contributed by atoms with Gasteiger partial charge in [-0.2, -0.15) is 0 Å². The van der Waals surface area contributed by atoms with Crippen molar-refractivity contribution in [3.8, 4) is 0 Å². The van der Waals surface area contributed by atoms with Gasteiger partial charge in [0.25, 0.3) is 5.56 Å². The first-order valence-corrected chi connectivity index (χ1v) is 7.17. The Labute approximate surface area is 119 Å². The minimum absolute atomic E-state index is 0.0933. The number of unbranched alkanes of at least 4 members (excludes halogenated alkanes) is 1. The van der Waals surface area contributed by atoms with E-state index in [-0.39, 0.29) is 5.56 Å². The van der Waals surface area contributed by atoms with E-state index in [1.807, 2.05) is 37.3 Å². The molecular weight excluding hydrogens is 250 g/mol. The molecule has 0 aliphatic rings. The Balaban J connectivity index is 2.40. The number of nitrogens with zero attached hydrogens (tertiary/aromatic N) is 2. The van der Waals surface area contributed by atoms with Gasteiger partial charge < -0.3 is 9.88 Å². The average molecular weight is 271 g/mol. The van der Waals surface area contributed by atoms with E-state index >= 15 is 0 Å². The molecule has 4 heteroatoms. The van der Waals surface area contributed by atoms with Gasteiger partial charge in [-0.1, -0.05) is 38.5 Å². The summed E-state index contributed by atoms with van der Waals surface area (Å²) in [6, 6.07) is 11.7. The van der Waals surface area contributed by atoms with Crippen molar-refractivity contribution >= 4 is 11.5 Å². The topological polar surface area (TPSA) is 49.0 Å². The second-order valence-corrected chi connectivity index (χ2v) is 4.74. The third-order valence-electron chi connectivity index (χ3n) is 3.19. The Kier molecular flexibility index (Phi) is 4.93. The summed E-state index contributed by atoms with van der Waals surface area (Å²) in [5.74, 6) is 1.45. The van der Waals surface area contributed by atoms with E-state index < -0.39 is 0 Å². The van der Waals surface area contributed by atoms with Crippen molar-refractivity contribution < 1.29 is 0 Å². The molecule has 0 unspecified atom stereocenters. The van der Waals surface area contributed by atoms with Crippen LogP contribution in [0.15, 0.2) is 41.2 Å². The quantitative estimate of drug-likeness (QED) is 0.877. The van der Waals surface area contributed by atoms with Crippen molar-refractivity contribution in [3.63, 3.8) is 0 Å². The smallest absolute Gasteiger partial charge is 0.252 e. The van der Waals surface area contributed by atoms with Crippen LogP contribution in [0.3, 0.4) is 0 Å². The van der Waals surface area contributed by atoms with Crippen molar-refractivity contribution in [2.24, 2.45) is 0 Å². The Morgan fingerprint density at radius 1 is 1.20 bits per heavy atom. The van der Waals surface area contributed by atoms with Gasteiger partial charge in [-0.05, 0) is 18.6 Å². The van der Waals surface area contributed by atoms with Gasteiger partial charge in [0, 0.05) is 24.7 Å². The molecule has 0 aliphatic carbocycles. The lowest BCUT2D eigenvalue weighted by Crippen LogP contribution is -2.23. The van der Waals surface area contributed by atoms with E-state index in [1.165, 1.54) is 0 Å². The molecule has 1 aromatic heterocycles. The van der Waals surface area contributed by atoms with E-state index in [4.69, 9.17) is 0 Å². The van der Waals surface area contributed by atoms with Crippen LogP contribution in [0, 0.1) is 0 Å². The molecule has 4 nitrogen and oxygen atoms in total. The number of benzene rings is 1. The Morgan fingerprint density at radius 3 is 2.60 bits per heavy atom. The van der Waals surface area contributed by atoms with E-state index in [0.29, 0.717) is 0 Å². The molecule has 0 bridgehead atoms. The molecule has 106 valence electrons. The summed E-state index contributed by atoms with van der Waals surface area (Å²) < 4.78 is 0. The molecule has 2 rings (SSSR count). The van der Waals surface area contributed by atoms with Crippen molar-refractivity contribution in [1.29, 1.82) is 0 Å². The molecule has 1 heterocycles. The molecule has 0 spiro atoms. The zero-order valence-electron chi connectivity index (χ0n) is 12.1. The number of para-hydroxylation sites is 1. The Bertz CT molecular complexity index is 592. The van der Waals surface area contributed by atoms with E-state index in [0.717, 1.165) is 43.1 Å². The van der Waals surface area contributed by atoms with E-state index in [2.05, 4.69) is 21.8 Å². The first kappa shape index (κ1) is 14.3. The number of aromatic nitrogens is 2. The second kappa shape index (κ2) is 6.89. The van der Waals surface area contributed by atoms with Gasteiger partial charge in [-0.25, -0.2) is 4.98 Å². The fourth-order valence-corrected chi connectivity index (χ4v) is 2.10. The molecule has 20 heavy (non-hydrogen) atoms. The molecule has 0 atom stereocenters. The third kappa shape index (κ3) is 3.47. The largest absolute Gasteiger partial charge is 0.326 e. The lowest BCUT2D eigenvalue weighted by molar-refractivity contribution is 0.772. The van der Waals surface area contributed by atoms with Crippen LogP contribution in [-0.2, 0) is 6.42 Å². The number of aryl methyl sites for hydroxylation is 1. The fraction of sp³-hybridized carbons (Fsp3) is 0.375. The molecule has 0 radical (unpaired) electrons. The maximum atomic E-state index is 11.8. The van der Waals surface area contributed by atoms with Gasteiger partial charge in [0.05, 0.1) is 0 Å². The van der Waals surface area contributed by atoms with Crippen LogP contribution in [0.1, 0.15) is 32.5 Å². The van der Waals surface area contributed by atoms with Gasteiger partial charge in [-0.3, -0.25) is 4.79 Å². The highest BCUT2D eigenvalue weighted by Crippen LogP contribution is 2.22. The lowest BCUT2D eigenvalue weighted by Gasteiger charge is -2.23. The predicted octanol–water partition coefficient (Wildman–Crippen LogP) is 3.27. The SMILES string of the molecule is CCCCN(c1ccccc1)c1cc(=O)[nH]c(CC)n1. The number of nitrogens with one attached hydrogen (secondary N) is 1. The first-order valence-electron chi connectivity index (χ1n) is 7.17. The number of anilines is 2. The van der Waals surface area contributed by atoms with Crippen LogP contribution in [0.4, 0.5) is 11.5 Å². The third-order valence-corrected chi connectivity index (χ3v) is 3.19. The summed E-state index contributed by atoms with van der Waals surface area (Å²) in [6.45, 7) is 5.01. The highest BCUT2D eigenvalue weighted by molar-refractivity contribution is 5.59. The van der Waals surface area contributed by atoms with Gasteiger partial charge in [0.1, 0.15) is 11.6 Å². The minimum atomic E-state index is -0.0933. The number of hydrogen-bond donors (Lipinski definition) is 1. The maximum absolute atomic E-state index is 11.8. The molecule has 0 saturated heterocycles. The van der Waals surface area contributed by atoms with Crippen LogP contribution >= 0.6 is 0 Å². The van der Waals surface area contributed by atoms with Gasteiger partial charge in [-0.15, -0.1) is 0 Å². The second-order valence-electron chi connectivity index (χ2n) is 4.74. The number of H-pyrrole nitrogens is 1. The molecule has 2 aromatic rings. The van der Waals surface area contributed by atoms with Crippen molar-refractivity contribution in [1.82, 2.24) is 9.97 Å². The highest BCUT2D eigenvalue weighted by atomic mass is 16.1. The normalized spacial score (nSPS) is 10.5. The van der Waals surface area contributed by atoms with Crippen LogP contribution in [0.5, 0.6) is 0 Å². The first-order chi connectivity index (χ1) is 9.74. The summed E-state index contributed by atoms with van der Waals surface area (Å²) >= 11 is 0. The minimum Gasteiger partial charge on any atom is -0.326 e. The monoisotopic (exact) mass is 271 g/mol. The van der Waals surface area contributed by atoms with Crippen LogP contribution in [-0.4, -0.2) is 16.5 Å². The van der Waals surface area contributed by atoms with Crippen LogP contribution in [0.2, 0.25) is 0 Å².